The quantitative estimate of drug-likeness (QED) is 0.329. The Morgan fingerprint density at radius 2 is 0.304 bits per heavy atom. The molecule has 9 rings (SSSR count). The van der Waals surface area contributed by atoms with Crippen molar-refractivity contribution in [3.05, 3.63) is 0 Å². The largest absolute Gasteiger partial charge is 0.379 e. The lowest BCUT2D eigenvalue weighted by atomic mass is 10.5. The summed E-state index contributed by atoms with van der Waals surface area (Å²) in [6.07, 6.45) is 0. The molecule has 9 aliphatic rings. The molecule has 0 saturated carbocycles. The van der Waals surface area contributed by atoms with Gasteiger partial charge in [0.25, 0.3) is 0 Å². The Labute approximate surface area is 333 Å². The van der Waals surface area contributed by atoms with Crippen molar-refractivity contribution >= 4 is 30.0 Å². The number of rotatable bonds is 8. The zero-order valence-corrected chi connectivity index (χ0v) is 36.6. The molecule has 0 aromatic carbocycles. The minimum Gasteiger partial charge on any atom is -0.379 e. The number of morpholine rings is 8. The first-order valence-corrected chi connectivity index (χ1v) is 27.3. The molecule has 0 aliphatic carbocycles. The molecule has 0 bridgehead atoms. The van der Waals surface area contributed by atoms with E-state index in [2.05, 4.69) is 37.4 Å². The van der Waals surface area contributed by atoms with Gasteiger partial charge in [-0.05, 0) is 0 Å². The minimum atomic E-state index is -2.99. The average molecular weight is 869 g/mol. The van der Waals surface area contributed by atoms with Crippen molar-refractivity contribution in [2.75, 3.05) is 210 Å². The monoisotopic (exact) mass is 868 g/mol. The Balaban J connectivity index is 1.45. The maximum Gasteiger partial charge on any atom is 0.221 e. The molecular formula is C32H64N12O8P4. The Hall–Kier alpha value is 0.280. The third-order valence-corrected chi connectivity index (χ3v) is 28.8. The van der Waals surface area contributed by atoms with E-state index in [9.17, 15) is 0 Å². The highest BCUT2D eigenvalue weighted by molar-refractivity contribution is 7.83. The molecule has 8 fully saturated rings. The lowest BCUT2D eigenvalue weighted by molar-refractivity contribution is 0.0527. The van der Waals surface area contributed by atoms with Gasteiger partial charge in [-0.2, -0.15) is 18.1 Å². The molecule has 8 saturated heterocycles. The van der Waals surface area contributed by atoms with Gasteiger partial charge in [-0.1, -0.05) is 0 Å². The predicted octanol–water partition coefficient (Wildman–Crippen LogP) is 2.44. The average Bonchev–Trinajstić information content (AvgIpc) is 3.29. The van der Waals surface area contributed by atoms with E-state index >= 15 is 0 Å². The molecule has 0 aromatic heterocycles. The van der Waals surface area contributed by atoms with Crippen LogP contribution in [-0.2, 0) is 37.9 Å². The normalized spacial score (nSPS) is 32.9. The van der Waals surface area contributed by atoms with Crippen molar-refractivity contribution in [2.24, 2.45) is 18.1 Å². The Bertz CT molecular complexity index is 1200. The lowest BCUT2D eigenvalue weighted by Gasteiger charge is -2.55. The topological polar surface area (TPSA) is 149 Å². The molecule has 0 radical (unpaired) electrons. The molecule has 320 valence electrons. The fourth-order valence-corrected chi connectivity index (χ4v) is 30.2. The molecule has 0 aromatic rings. The molecule has 24 heteroatoms. The van der Waals surface area contributed by atoms with Gasteiger partial charge in [0.2, 0.25) is 30.0 Å². The van der Waals surface area contributed by atoms with Crippen LogP contribution >= 0.6 is 30.0 Å². The summed E-state index contributed by atoms with van der Waals surface area (Å²) < 4.78 is 96.8. The van der Waals surface area contributed by atoms with E-state index in [1.165, 1.54) is 0 Å². The molecule has 0 spiro atoms. The van der Waals surface area contributed by atoms with Crippen LogP contribution in [-0.4, -0.2) is 248 Å². The molecule has 9 heterocycles. The van der Waals surface area contributed by atoms with Crippen LogP contribution in [0.3, 0.4) is 0 Å². The smallest absolute Gasteiger partial charge is 0.221 e. The Kier molecular flexibility index (Phi) is 14.2. The molecule has 56 heavy (non-hydrogen) atoms. The van der Waals surface area contributed by atoms with Gasteiger partial charge in [0.1, 0.15) is 0 Å². The lowest BCUT2D eigenvalue weighted by Crippen LogP contribution is -2.48. The minimum absolute atomic E-state index is 0.644. The van der Waals surface area contributed by atoms with Gasteiger partial charge in [0, 0.05) is 105 Å². The van der Waals surface area contributed by atoms with Gasteiger partial charge in [-0.3, -0.25) is 0 Å². The highest BCUT2D eigenvalue weighted by Gasteiger charge is 2.53. The zero-order valence-electron chi connectivity index (χ0n) is 33.0. The van der Waals surface area contributed by atoms with Crippen LogP contribution in [0.5, 0.6) is 0 Å². The highest BCUT2D eigenvalue weighted by Crippen LogP contribution is 2.84. The summed E-state index contributed by atoms with van der Waals surface area (Å²) in [6, 6.07) is 0. The van der Waals surface area contributed by atoms with Crippen LogP contribution < -0.4 is 0 Å². The fraction of sp³-hybridized carbons (Fsp3) is 1.00. The SMILES string of the molecule is C1CN(P2(N3CCOCC3)=NP(N3CCOCC3)(N3CCOCC3)=NP(N3CCOCC3)(N3CCOCC3)=NP(N3CCOCC3)(N3CCOCC3)=N2)CCO1. The van der Waals surface area contributed by atoms with Crippen molar-refractivity contribution in [1.82, 2.24) is 37.4 Å². The molecular weight excluding hydrogens is 804 g/mol. The number of hydrogen-bond donors (Lipinski definition) is 0. The molecule has 9 aliphatic heterocycles. The summed E-state index contributed by atoms with van der Waals surface area (Å²) in [5.41, 5.74) is 0. The molecule has 0 atom stereocenters. The second kappa shape index (κ2) is 19.1. The van der Waals surface area contributed by atoms with E-state index in [1.54, 1.807) is 0 Å². The molecule has 20 nitrogen and oxygen atoms in total. The molecule has 0 N–H and O–H groups in total. The second-order valence-electron chi connectivity index (χ2n) is 15.0. The second-order valence-corrected chi connectivity index (χ2v) is 26.7. The third-order valence-electron chi connectivity index (χ3n) is 11.9. The van der Waals surface area contributed by atoms with Crippen molar-refractivity contribution < 1.29 is 37.9 Å². The standard InChI is InChI=1S/C32H64N12O8P4/c1-17-45-18-2-37(1)53(38-3-19-46-20-4-38)33-54(39-5-21-47-22-6-39,40-7-23-48-24-8-40)35-56(43-13-29-51-30-14-43,44-15-31-52-32-16-44)36-55(34-53,41-9-25-49-26-10-41)42-11-27-50-28-12-42/h1-32H2. The van der Waals surface area contributed by atoms with Crippen LogP contribution in [0, 0.1) is 0 Å². The summed E-state index contributed by atoms with van der Waals surface area (Å²) in [5.74, 6) is 0. The van der Waals surface area contributed by atoms with E-state index < -0.39 is 30.0 Å². The van der Waals surface area contributed by atoms with E-state index in [4.69, 9.17) is 56.0 Å². The van der Waals surface area contributed by atoms with Crippen molar-refractivity contribution in [3.8, 4) is 0 Å². The summed E-state index contributed by atoms with van der Waals surface area (Å²) in [4.78, 5) is 0. The van der Waals surface area contributed by atoms with Crippen LogP contribution in [0.1, 0.15) is 0 Å². The van der Waals surface area contributed by atoms with Crippen LogP contribution in [0.25, 0.3) is 0 Å². The third kappa shape index (κ3) is 8.30. The number of ether oxygens (including phenoxy) is 8. The maximum atomic E-state index is 6.70. The van der Waals surface area contributed by atoms with Gasteiger partial charge in [0.05, 0.1) is 106 Å². The number of nitrogens with zero attached hydrogens (tertiary/aromatic N) is 12. The summed E-state index contributed by atoms with van der Waals surface area (Å²) in [5, 5.41) is 0. The van der Waals surface area contributed by atoms with Crippen LogP contribution in [0.2, 0.25) is 0 Å². The molecule has 0 unspecified atom stereocenters. The first kappa shape index (κ1) is 41.6. The summed E-state index contributed by atoms with van der Waals surface area (Å²) in [7, 11) is -12.0. The van der Waals surface area contributed by atoms with Gasteiger partial charge >= 0.3 is 0 Å². The van der Waals surface area contributed by atoms with Crippen molar-refractivity contribution in [1.29, 1.82) is 0 Å². The van der Waals surface area contributed by atoms with E-state index in [0.29, 0.717) is 106 Å². The summed E-state index contributed by atoms with van der Waals surface area (Å²) >= 11 is 0. The van der Waals surface area contributed by atoms with Gasteiger partial charge < -0.3 is 37.9 Å². The van der Waals surface area contributed by atoms with Crippen LogP contribution in [0.15, 0.2) is 18.1 Å². The van der Waals surface area contributed by atoms with E-state index in [0.717, 1.165) is 105 Å². The van der Waals surface area contributed by atoms with Crippen molar-refractivity contribution in [3.63, 3.8) is 0 Å². The van der Waals surface area contributed by atoms with E-state index in [-0.39, 0.29) is 0 Å². The highest BCUT2D eigenvalue weighted by atomic mass is 31.3. The first-order valence-electron chi connectivity index (χ1n) is 20.9. The van der Waals surface area contributed by atoms with E-state index in [1.807, 2.05) is 0 Å². The Morgan fingerprint density at radius 3 is 0.411 bits per heavy atom. The maximum absolute atomic E-state index is 6.70. The van der Waals surface area contributed by atoms with Crippen molar-refractivity contribution in [2.45, 2.75) is 0 Å². The fourth-order valence-electron chi connectivity index (χ4n) is 8.91. The van der Waals surface area contributed by atoms with Crippen LogP contribution in [0.4, 0.5) is 0 Å². The summed E-state index contributed by atoms with van der Waals surface area (Å²) in [6.45, 7) is 22.4. The predicted molar refractivity (Wildman–Crippen MR) is 217 cm³/mol. The zero-order chi connectivity index (χ0) is 37.7. The van der Waals surface area contributed by atoms with Gasteiger partial charge in [-0.15, -0.1) is 0 Å². The van der Waals surface area contributed by atoms with Gasteiger partial charge in [-0.25, -0.2) is 37.4 Å². The first-order chi connectivity index (χ1) is 27.7. The number of hydrogen-bond acceptors (Lipinski definition) is 20. The Morgan fingerprint density at radius 1 is 0.196 bits per heavy atom. The van der Waals surface area contributed by atoms with Gasteiger partial charge in [0.15, 0.2) is 0 Å². The molecule has 0 amide bonds.